The highest BCUT2D eigenvalue weighted by Gasteiger charge is 2.31. The lowest BCUT2D eigenvalue weighted by molar-refractivity contribution is 0.0704. The minimum absolute atomic E-state index is 0.0938. The van der Waals surface area contributed by atoms with Gasteiger partial charge in [0.05, 0.1) is 22.9 Å². The van der Waals surface area contributed by atoms with E-state index in [0.717, 1.165) is 36.0 Å². The first kappa shape index (κ1) is 19.6. The number of nitrogens with zero attached hydrogens (tertiary/aromatic N) is 6. The van der Waals surface area contributed by atoms with E-state index in [1.807, 2.05) is 19.1 Å². The van der Waals surface area contributed by atoms with Gasteiger partial charge in [-0.2, -0.15) is 14.6 Å². The highest BCUT2D eigenvalue weighted by Crippen LogP contribution is 2.32. The highest BCUT2D eigenvalue weighted by atomic mass is 32.2. The van der Waals surface area contributed by atoms with E-state index >= 15 is 0 Å². The number of aromatic nitrogens is 6. The molecule has 11 heteroatoms. The van der Waals surface area contributed by atoms with Gasteiger partial charge in [-0.05, 0) is 38.0 Å². The first-order chi connectivity index (χ1) is 14.8. The average molecular weight is 440 g/mol. The minimum Gasteiger partial charge on any atom is -0.342 e. The Morgan fingerprint density at radius 3 is 2.90 bits per heavy atom. The Bertz CT molecular complexity index is 1420. The number of hydrogen-bond donors (Lipinski definition) is 1. The Balaban J connectivity index is 1.50. The number of sulfone groups is 1. The molecule has 0 aliphatic carbocycles. The molecule has 1 aliphatic rings. The molecule has 0 unspecified atom stereocenters. The van der Waals surface area contributed by atoms with Crippen molar-refractivity contribution in [1.82, 2.24) is 34.4 Å². The van der Waals surface area contributed by atoms with E-state index in [4.69, 9.17) is 0 Å². The van der Waals surface area contributed by atoms with E-state index in [1.54, 1.807) is 11.0 Å². The third-order valence-electron chi connectivity index (χ3n) is 5.65. The van der Waals surface area contributed by atoms with Gasteiger partial charge in [0.15, 0.2) is 9.84 Å². The van der Waals surface area contributed by atoms with Crippen LogP contribution in [0.1, 0.15) is 40.6 Å². The second-order valence-electron chi connectivity index (χ2n) is 7.90. The molecule has 1 N–H and O–H groups in total. The van der Waals surface area contributed by atoms with Crippen LogP contribution in [-0.2, 0) is 9.84 Å². The van der Waals surface area contributed by atoms with Gasteiger partial charge in [-0.25, -0.2) is 18.4 Å². The Morgan fingerprint density at radius 2 is 2.10 bits per heavy atom. The number of rotatable bonds is 3. The number of likely N-dealkylation sites (tertiary alicyclic amines) is 1. The van der Waals surface area contributed by atoms with E-state index in [-0.39, 0.29) is 16.7 Å². The summed E-state index contributed by atoms with van der Waals surface area (Å²) in [6, 6.07) is 5.42. The quantitative estimate of drug-likeness (QED) is 0.515. The molecule has 1 aliphatic heterocycles. The summed E-state index contributed by atoms with van der Waals surface area (Å²) in [6.45, 7) is 2.87. The summed E-state index contributed by atoms with van der Waals surface area (Å²) in [5, 5.41) is 4.20. The van der Waals surface area contributed by atoms with Crippen molar-refractivity contribution >= 4 is 32.6 Å². The van der Waals surface area contributed by atoms with Crippen molar-refractivity contribution in [3.63, 3.8) is 0 Å². The minimum atomic E-state index is -3.53. The molecule has 5 rings (SSSR count). The molecule has 10 nitrogen and oxygen atoms in total. The number of benzene rings is 1. The third-order valence-corrected chi connectivity index (χ3v) is 6.76. The van der Waals surface area contributed by atoms with E-state index in [0.29, 0.717) is 30.1 Å². The molecule has 1 aromatic carbocycles. The number of fused-ring (bicyclic) bond motifs is 2. The summed E-state index contributed by atoms with van der Waals surface area (Å²) < 4.78 is 26.3. The number of H-pyrrole nitrogens is 1. The summed E-state index contributed by atoms with van der Waals surface area (Å²) in [5.74, 6) is 0.836. The molecule has 1 amide bonds. The number of carbonyl (C=O) groups excluding carboxylic acids is 1. The Morgan fingerprint density at radius 1 is 1.26 bits per heavy atom. The molecule has 4 aromatic rings. The number of aromatic amines is 1. The van der Waals surface area contributed by atoms with Gasteiger partial charge in [0, 0.05) is 30.8 Å². The molecule has 31 heavy (non-hydrogen) atoms. The van der Waals surface area contributed by atoms with Crippen LogP contribution >= 0.6 is 0 Å². The first-order valence-electron chi connectivity index (χ1n) is 9.95. The van der Waals surface area contributed by atoms with Crippen LogP contribution in [0.4, 0.5) is 0 Å². The number of imidazole rings is 1. The largest absolute Gasteiger partial charge is 0.342 e. The van der Waals surface area contributed by atoms with E-state index < -0.39 is 9.84 Å². The van der Waals surface area contributed by atoms with Crippen molar-refractivity contribution in [3.05, 3.63) is 47.8 Å². The summed E-state index contributed by atoms with van der Waals surface area (Å²) in [5.41, 5.74) is 2.73. The van der Waals surface area contributed by atoms with Crippen LogP contribution in [0.2, 0.25) is 0 Å². The van der Waals surface area contributed by atoms with Crippen molar-refractivity contribution in [1.29, 1.82) is 0 Å². The van der Waals surface area contributed by atoms with E-state index in [1.165, 1.54) is 17.0 Å². The van der Waals surface area contributed by atoms with Crippen LogP contribution in [0.5, 0.6) is 0 Å². The van der Waals surface area contributed by atoms with Gasteiger partial charge in [-0.1, -0.05) is 0 Å². The summed E-state index contributed by atoms with van der Waals surface area (Å²) >= 11 is 0. The molecule has 4 heterocycles. The first-order valence-corrected chi connectivity index (χ1v) is 11.8. The smallest absolute Gasteiger partial charge is 0.253 e. The monoisotopic (exact) mass is 439 g/mol. The van der Waals surface area contributed by atoms with Gasteiger partial charge < -0.3 is 9.88 Å². The number of carbonyl (C=O) groups is 1. The normalized spacial score (nSPS) is 17.5. The maximum atomic E-state index is 13.2. The average Bonchev–Trinajstić information content (AvgIpc) is 3.36. The van der Waals surface area contributed by atoms with Gasteiger partial charge in [0.2, 0.25) is 0 Å². The van der Waals surface area contributed by atoms with Crippen LogP contribution in [0, 0.1) is 6.92 Å². The molecule has 1 fully saturated rings. The zero-order valence-electron chi connectivity index (χ0n) is 17.1. The molecule has 3 aromatic heterocycles. The van der Waals surface area contributed by atoms with Gasteiger partial charge in [-0.3, -0.25) is 4.79 Å². The van der Waals surface area contributed by atoms with Crippen LogP contribution in [-0.4, -0.2) is 68.1 Å². The lowest BCUT2D eigenvalue weighted by Crippen LogP contribution is -2.40. The van der Waals surface area contributed by atoms with E-state index in [9.17, 15) is 13.2 Å². The van der Waals surface area contributed by atoms with Gasteiger partial charge >= 0.3 is 0 Å². The molecule has 0 radical (unpaired) electrons. The Hall–Kier alpha value is -3.34. The zero-order chi connectivity index (χ0) is 21.8. The summed E-state index contributed by atoms with van der Waals surface area (Å²) in [7, 11) is -3.53. The van der Waals surface area contributed by atoms with Gasteiger partial charge in [0.1, 0.15) is 17.0 Å². The van der Waals surface area contributed by atoms with Crippen molar-refractivity contribution < 1.29 is 13.2 Å². The molecule has 1 saturated heterocycles. The zero-order valence-corrected chi connectivity index (χ0v) is 17.9. The second-order valence-corrected chi connectivity index (χ2v) is 9.88. The third kappa shape index (κ3) is 3.44. The van der Waals surface area contributed by atoms with Crippen LogP contribution in [0.25, 0.3) is 16.8 Å². The van der Waals surface area contributed by atoms with Crippen LogP contribution in [0.15, 0.2) is 35.6 Å². The molecule has 0 saturated carbocycles. The molecule has 0 bridgehead atoms. The number of hydrogen-bond acceptors (Lipinski definition) is 7. The highest BCUT2D eigenvalue weighted by molar-refractivity contribution is 7.90. The topological polar surface area (TPSA) is 126 Å². The van der Waals surface area contributed by atoms with Gasteiger partial charge in [0.25, 0.3) is 11.7 Å². The Kier molecular flexibility index (Phi) is 4.50. The number of nitrogens with one attached hydrogen (secondary N) is 1. The number of piperidine rings is 1. The van der Waals surface area contributed by atoms with Gasteiger partial charge in [-0.15, -0.1) is 0 Å². The van der Waals surface area contributed by atoms with Crippen LogP contribution in [0.3, 0.4) is 0 Å². The van der Waals surface area contributed by atoms with Crippen molar-refractivity contribution in [3.8, 4) is 0 Å². The summed E-state index contributed by atoms with van der Waals surface area (Å²) in [4.78, 5) is 30.9. The predicted molar refractivity (Wildman–Crippen MR) is 113 cm³/mol. The van der Waals surface area contributed by atoms with E-state index in [2.05, 4.69) is 25.0 Å². The molecule has 0 spiro atoms. The second kappa shape index (κ2) is 7.12. The standard InChI is InChI=1S/C20H21N7O3S/c1-12-24-15-6-5-13(8-16(15)25-12)19(28)26-7-3-4-14(10-26)18-17(31(2,29)30)9-21-20-22-11-23-27(18)20/h5-6,8-9,11,14H,3-4,7,10H2,1-2H3,(H,24,25)/t14-/m0/s1. The van der Waals surface area contributed by atoms with Crippen molar-refractivity contribution in [2.75, 3.05) is 19.3 Å². The van der Waals surface area contributed by atoms with Crippen molar-refractivity contribution in [2.45, 2.75) is 30.6 Å². The number of amides is 1. The molecule has 1 atom stereocenters. The molecular formula is C20H21N7O3S. The number of aryl methyl sites for hydroxylation is 1. The SMILES string of the molecule is Cc1nc2ccc(C(=O)N3CCC[C@H](c4c(S(C)(=O)=O)cnc5ncnn45)C3)cc2[nH]1. The lowest BCUT2D eigenvalue weighted by Gasteiger charge is -2.33. The molecular weight excluding hydrogens is 418 g/mol. The summed E-state index contributed by atoms with van der Waals surface area (Å²) in [6.07, 6.45) is 5.34. The van der Waals surface area contributed by atoms with Crippen molar-refractivity contribution in [2.24, 2.45) is 0 Å². The molecule has 160 valence electrons. The fourth-order valence-electron chi connectivity index (χ4n) is 4.28. The fourth-order valence-corrected chi connectivity index (χ4v) is 5.15. The maximum Gasteiger partial charge on any atom is 0.253 e. The fraction of sp³-hybridized carbons (Fsp3) is 0.350. The maximum absolute atomic E-state index is 13.2. The Labute approximate surface area is 178 Å². The predicted octanol–water partition coefficient (Wildman–Crippen LogP) is 1.73. The van der Waals surface area contributed by atoms with Crippen LogP contribution < -0.4 is 0 Å². The lowest BCUT2D eigenvalue weighted by atomic mass is 9.94.